The van der Waals surface area contributed by atoms with Gasteiger partial charge in [0.1, 0.15) is 5.15 Å². The molecule has 112 valence electrons. The quantitative estimate of drug-likeness (QED) is 0.813. The van der Waals surface area contributed by atoms with Gasteiger partial charge in [-0.25, -0.2) is 4.79 Å². The lowest BCUT2D eigenvalue weighted by Crippen LogP contribution is -2.38. The molecule has 0 aliphatic heterocycles. The lowest BCUT2D eigenvalue weighted by molar-refractivity contribution is 0.644. The highest BCUT2D eigenvalue weighted by Crippen LogP contribution is 2.34. The third-order valence-corrected chi connectivity index (χ3v) is 6.14. The summed E-state index contributed by atoms with van der Waals surface area (Å²) < 4.78 is 2.16. The molecule has 1 saturated carbocycles. The van der Waals surface area contributed by atoms with E-state index in [1.807, 2.05) is 11.4 Å². The van der Waals surface area contributed by atoms with Crippen LogP contribution in [0.3, 0.4) is 0 Å². The Morgan fingerprint density at radius 3 is 2.71 bits per heavy atom. The van der Waals surface area contributed by atoms with E-state index in [1.54, 1.807) is 0 Å². The van der Waals surface area contributed by atoms with E-state index in [4.69, 9.17) is 11.6 Å². The fourth-order valence-corrected chi connectivity index (χ4v) is 4.64. The van der Waals surface area contributed by atoms with Gasteiger partial charge in [-0.2, -0.15) is 0 Å². The predicted octanol–water partition coefficient (Wildman–Crippen LogP) is 3.72. The van der Waals surface area contributed by atoms with Gasteiger partial charge in [-0.15, -0.1) is 11.3 Å². The number of nitrogens with zero attached hydrogens (tertiary/aromatic N) is 1. The van der Waals surface area contributed by atoms with Crippen molar-refractivity contribution in [2.45, 2.75) is 38.1 Å². The first kappa shape index (κ1) is 15.1. The average molecular weight is 390 g/mol. The molecular formula is C14H14BrClN2O2S. The number of thiophene rings is 1. The molecule has 3 rings (SSSR count). The molecule has 0 atom stereocenters. The Labute approximate surface area is 138 Å². The van der Waals surface area contributed by atoms with E-state index in [1.165, 1.54) is 15.9 Å². The van der Waals surface area contributed by atoms with Crippen LogP contribution in [0.5, 0.6) is 0 Å². The molecule has 0 spiro atoms. The van der Waals surface area contributed by atoms with Crippen LogP contribution in [0.1, 0.15) is 42.0 Å². The molecule has 1 fully saturated rings. The standard InChI is InChI=1S/C14H14BrClN2O2S/c15-9-5-6-21-10(9)7-18-13(19)11(8-3-1-2-4-8)12(16)17-14(18)20/h5-6,8H,1-4,7H2,(H,17,20). The van der Waals surface area contributed by atoms with Crippen LogP contribution in [-0.4, -0.2) is 9.55 Å². The zero-order chi connectivity index (χ0) is 15.0. The van der Waals surface area contributed by atoms with Crippen LogP contribution in [0, 0.1) is 0 Å². The minimum Gasteiger partial charge on any atom is -0.297 e. The third kappa shape index (κ3) is 2.89. The van der Waals surface area contributed by atoms with Gasteiger partial charge in [0.2, 0.25) is 0 Å². The molecule has 1 N–H and O–H groups in total. The number of nitrogens with one attached hydrogen (secondary N) is 1. The van der Waals surface area contributed by atoms with Crippen molar-refractivity contribution in [2.75, 3.05) is 0 Å². The Hall–Kier alpha value is -0.850. The predicted molar refractivity (Wildman–Crippen MR) is 88.7 cm³/mol. The average Bonchev–Trinajstić information content (AvgIpc) is 3.07. The lowest BCUT2D eigenvalue weighted by Gasteiger charge is -2.13. The van der Waals surface area contributed by atoms with Crippen LogP contribution >= 0.6 is 38.9 Å². The summed E-state index contributed by atoms with van der Waals surface area (Å²) in [7, 11) is 0. The van der Waals surface area contributed by atoms with Crippen molar-refractivity contribution in [1.82, 2.24) is 9.55 Å². The SMILES string of the molecule is O=c1[nH]c(Cl)c(C2CCCC2)c(=O)n1Cc1sccc1Br. The number of hydrogen-bond acceptors (Lipinski definition) is 3. The van der Waals surface area contributed by atoms with Crippen LogP contribution in [-0.2, 0) is 6.54 Å². The molecule has 7 heteroatoms. The van der Waals surface area contributed by atoms with Crippen LogP contribution in [0.15, 0.2) is 25.5 Å². The highest BCUT2D eigenvalue weighted by Gasteiger charge is 2.25. The van der Waals surface area contributed by atoms with E-state index in [0.29, 0.717) is 5.56 Å². The van der Waals surface area contributed by atoms with Crippen LogP contribution in [0.2, 0.25) is 5.15 Å². The Morgan fingerprint density at radius 2 is 2.10 bits per heavy atom. The smallest absolute Gasteiger partial charge is 0.297 e. The molecule has 0 radical (unpaired) electrons. The Kier molecular flexibility index (Phi) is 4.38. The van der Waals surface area contributed by atoms with Gasteiger partial charge in [-0.1, -0.05) is 24.4 Å². The molecule has 21 heavy (non-hydrogen) atoms. The van der Waals surface area contributed by atoms with Crippen molar-refractivity contribution in [3.8, 4) is 0 Å². The molecule has 0 saturated heterocycles. The fourth-order valence-electron chi connectivity index (χ4n) is 2.85. The summed E-state index contributed by atoms with van der Waals surface area (Å²) in [6, 6.07) is 1.91. The number of hydrogen-bond donors (Lipinski definition) is 1. The number of halogens is 2. The van der Waals surface area contributed by atoms with Crippen molar-refractivity contribution in [3.63, 3.8) is 0 Å². The molecular weight excluding hydrogens is 376 g/mol. The maximum absolute atomic E-state index is 12.7. The minimum absolute atomic E-state index is 0.167. The second-order valence-corrected chi connectivity index (χ2v) is 7.46. The maximum Gasteiger partial charge on any atom is 0.329 e. The van der Waals surface area contributed by atoms with Crippen LogP contribution in [0.4, 0.5) is 0 Å². The lowest BCUT2D eigenvalue weighted by atomic mass is 10.0. The Balaban J connectivity index is 2.08. The molecule has 2 aromatic heterocycles. The van der Waals surface area contributed by atoms with Gasteiger partial charge in [0.15, 0.2) is 0 Å². The van der Waals surface area contributed by atoms with Gasteiger partial charge in [0, 0.05) is 9.35 Å². The second-order valence-electron chi connectivity index (χ2n) is 5.22. The largest absolute Gasteiger partial charge is 0.329 e. The molecule has 0 aromatic carbocycles. The van der Waals surface area contributed by atoms with Crippen molar-refractivity contribution >= 4 is 38.9 Å². The first-order chi connectivity index (χ1) is 10.1. The molecule has 1 aliphatic carbocycles. The third-order valence-electron chi connectivity index (χ3n) is 3.93. The van der Waals surface area contributed by atoms with E-state index in [9.17, 15) is 9.59 Å². The monoisotopic (exact) mass is 388 g/mol. The topological polar surface area (TPSA) is 54.9 Å². The van der Waals surface area contributed by atoms with Gasteiger partial charge < -0.3 is 0 Å². The zero-order valence-corrected chi connectivity index (χ0v) is 14.4. The summed E-state index contributed by atoms with van der Waals surface area (Å²) in [6.07, 6.45) is 4.14. The normalized spacial score (nSPS) is 15.7. The Morgan fingerprint density at radius 1 is 1.38 bits per heavy atom. The van der Waals surface area contributed by atoms with Crippen molar-refractivity contribution in [1.29, 1.82) is 0 Å². The van der Waals surface area contributed by atoms with Crippen LogP contribution < -0.4 is 11.2 Å². The fraction of sp³-hybridized carbons (Fsp3) is 0.429. The number of rotatable bonds is 3. The minimum atomic E-state index is -0.452. The molecule has 2 heterocycles. The summed E-state index contributed by atoms with van der Waals surface area (Å²) in [6.45, 7) is 0.267. The highest BCUT2D eigenvalue weighted by atomic mass is 79.9. The van der Waals surface area contributed by atoms with Crippen LogP contribution in [0.25, 0.3) is 0 Å². The molecule has 0 bridgehead atoms. The van der Waals surface area contributed by atoms with Crippen molar-refractivity contribution in [3.05, 3.63) is 52.4 Å². The van der Waals surface area contributed by atoms with Gasteiger partial charge in [-0.3, -0.25) is 14.3 Å². The number of H-pyrrole nitrogens is 1. The van der Waals surface area contributed by atoms with E-state index in [2.05, 4.69) is 20.9 Å². The molecule has 4 nitrogen and oxygen atoms in total. The highest BCUT2D eigenvalue weighted by molar-refractivity contribution is 9.10. The van der Waals surface area contributed by atoms with Gasteiger partial charge >= 0.3 is 5.69 Å². The summed E-state index contributed by atoms with van der Waals surface area (Å²) in [5, 5.41) is 2.13. The molecule has 2 aromatic rings. The molecule has 1 aliphatic rings. The molecule has 0 amide bonds. The number of aromatic amines is 1. The summed E-state index contributed by atoms with van der Waals surface area (Å²) in [5.41, 5.74) is -0.135. The summed E-state index contributed by atoms with van der Waals surface area (Å²) in [5.74, 6) is 0.167. The summed E-state index contributed by atoms with van der Waals surface area (Å²) >= 11 is 11.1. The Bertz CT molecular complexity index is 774. The second kappa shape index (κ2) is 6.10. The van der Waals surface area contributed by atoms with E-state index >= 15 is 0 Å². The van der Waals surface area contributed by atoms with E-state index in [-0.39, 0.29) is 23.2 Å². The van der Waals surface area contributed by atoms with Crippen molar-refractivity contribution in [2.24, 2.45) is 0 Å². The van der Waals surface area contributed by atoms with Gasteiger partial charge in [-0.05, 0) is 46.1 Å². The molecule has 0 unspecified atom stereocenters. The van der Waals surface area contributed by atoms with E-state index < -0.39 is 5.69 Å². The number of aromatic nitrogens is 2. The summed E-state index contributed by atoms with van der Waals surface area (Å²) in [4.78, 5) is 28.3. The zero-order valence-electron chi connectivity index (χ0n) is 11.2. The first-order valence-corrected chi connectivity index (χ1v) is 8.87. The maximum atomic E-state index is 12.7. The van der Waals surface area contributed by atoms with Crippen molar-refractivity contribution < 1.29 is 0 Å². The van der Waals surface area contributed by atoms with Gasteiger partial charge in [0.25, 0.3) is 5.56 Å². The van der Waals surface area contributed by atoms with Gasteiger partial charge in [0.05, 0.1) is 12.1 Å². The van der Waals surface area contributed by atoms with E-state index in [0.717, 1.165) is 35.0 Å². The first-order valence-electron chi connectivity index (χ1n) is 6.82.